The molecule has 0 saturated heterocycles. The summed E-state index contributed by atoms with van der Waals surface area (Å²) in [4.78, 5) is 0. The van der Waals surface area contributed by atoms with E-state index in [9.17, 15) is 26.3 Å². The third-order valence-electron chi connectivity index (χ3n) is 7.77. The molecule has 0 spiro atoms. The molecule has 1 heterocycles. The highest BCUT2D eigenvalue weighted by Gasteiger charge is 2.31. The van der Waals surface area contributed by atoms with E-state index in [0.29, 0.717) is 44.9 Å². The Labute approximate surface area is 265 Å². The van der Waals surface area contributed by atoms with E-state index in [1.165, 1.54) is 24.3 Å². The minimum atomic E-state index is -4.45. The van der Waals surface area contributed by atoms with Gasteiger partial charge in [-0.1, -0.05) is 72.2 Å². The maximum atomic E-state index is 13.1. The number of rotatable bonds is 0. The number of halogens is 6. The zero-order chi connectivity index (χ0) is 32.8. The second kappa shape index (κ2) is 11.5. The molecule has 1 aliphatic rings. The number of benzene rings is 6. The van der Waals surface area contributed by atoms with Gasteiger partial charge in [0.05, 0.1) is 22.3 Å². The number of hydrogen-bond acceptors (Lipinski definition) is 2. The summed E-state index contributed by atoms with van der Waals surface area (Å²) in [5.74, 6) is 13.0. The molecule has 6 aromatic rings. The molecule has 0 bridgehead atoms. The van der Waals surface area contributed by atoms with Crippen LogP contribution in [0, 0.1) is 23.7 Å². The normalized spacial score (nSPS) is 12.4. The third-order valence-corrected chi connectivity index (χ3v) is 7.77. The number of ether oxygens (including phenoxy) is 2. The molecule has 47 heavy (non-hydrogen) atoms. The first-order valence-corrected chi connectivity index (χ1v) is 14.3. The van der Waals surface area contributed by atoms with Crippen LogP contribution in [-0.4, -0.2) is 6.79 Å². The van der Waals surface area contributed by atoms with Crippen molar-refractivity contribution in [2.75, 3.05) is 6.79 Å². The van der Waals surface area contributed by atoms with Crippen LogP contribution in [0.5, 0.6) is 11.5 Å². The lowest BCUT2D eigenvalue weighted by Crippen LogP contribution is -2.05. The molecule has 0 aliphatic carbocycles. The number of fused-ring (bicyclic) bond motifs is 7. The molecule has 6 aromatic carbocycles. The van der Waals surface area contributed by atoms with Crippen LogP contribution in [-0.2, 0) is 12.4 Å². The zero-order valence-electron chi connectivity index (χ0n) is 24.2. The monoisotopic (exact) mass is 634 g/mol. The summed E-state index contributed by atoms with van der Waals surface area (Å²) in [5, 5.41) is 3.41. The molecule has 0 amide bonds. The number of alkyl halides is 6. The molecule has 7 rings (SSSR count). The average Bonchev–Trinajstić information content (AvgIpc) is 3.27. The molecule has 8 heteroatoms. The molecule has 1 aliphatic heterocycles. The van der Waals surface area contributed by atoms with Crippen LogP contribution in [0.3, 0.4) is 0 Å². The first-order valence-electron chi connectivity index (χ1n) is 14.3. The van der Waals surface area contributed by atoms with Crippen molar-refractivity contribution in [1.29, 1.82) is 0 Å². The van der Waals surface area contributed by atoms with Crippen LogP contribution in [0.25, 0.3) is 32.7 Å². The lowest BCUT2D eigenvalue weighted by Gasteiger charge is -2.16. The van der Waals surface area contributed by atoms with Gasteiger partial charge >= 0.3 is 12.4 Å². The summed E-state index contributed by atoms with van der Waals surface area (Å²) in [7, 11) is 0. The summed E-state index contributed by atoms with van der Waals surface area (Å²) in [5.41, 5.74) is 1.73. The smallest absolute Gasteiger partial charge is 0.416 e. The molecular weight excluding hydrogens is 614 g/mol. The Balaban J connectivity index is 1.42. The molecule has 2 nitrogen and oxygen atoms in total. The first kappa shape index (κ1) is 29.8. The summed E-state index contributed by atoms with van der Waals surface area (Å²) in [6.07, 6.45) is -8.90. The summed E-state index contributed by atoms with van der Waals surface area (Å²) in [6.45, 7) is -0.194. The van der Waals surface area contributed by atoms with Crippen LogP contribution in [0.15, 0.2) is 109 Å². The van der Waals surface area contributed by atoms with Crippen molar-refractivity contribution in [3.8, 4) is 46.3 Å². The Morgan fingerprint density at radius 3 is 1.23 bits per heavy atom. The highest BCUT2D eigenvalue weighted by Crippen LogP contribution is 2.49. The molecule has 0 unspecified atom stereocenters. The van der Waals surface area contributed by atoms with Gasteiger partial charge in [0.15, 0.2) is 0 Å². The topological polar surface area (TPSA) is 18.5 Å². The van der Waals surface area contributed by atoms with E-state index < -0.39 is 23.5 Å². The van der Waals surface area contributed by atoms with Gasteiger partial charge in [-0.05, 0) is 82.2 Å². The van der Waals surface area contributed by atoms with Gasteiger partial charge in [0, 0.05) is 22.3 Å². The maximum absolute atomic E-state index is 13.1. The standard InChI is InChI=1S/C39H20F6O2/c40-38(41,42)30-17-11-24(12-18-30)9-15-28-21-26-5-1-3-7-32(26)34-35-33-8-4-2-6-27(33)22-29(37(35)47-23-46-36(28)34)16-10-25-13-19-31(20-14-25)39(43,44)45/h1-8,11-14,17-22H,23H2. The summed E-state index contributed by atoms with van der Waals surface area (Å²) in [6, 6.07) is 28.3. The Hall–Kier alpha value is -5.86. The van der Waals surface area contributed by atoms with Crippen LogP contribution < -0.4 is 9.47 Å². The Morgan fingerprint density at radius 2 is 0.851 bits per heavy atom. The highest BCUT2D eigenvalue weighted by molar-refractivity contribution is 6.11. The quantitative estimate of drug-likeness (QED) is 0.122. The lowest BCUT2D eigenvalue weighted by atomic mass is 9.89. The van der Waals surface area contributed by atoms with E-state index in [1.807, 2.05) is 60.7 Å². The predicted octanol–water partition coefficient (Wildman–Crippen LogP) is 10.2. The van der Waals surface area contributed by atoms with Gasteiger partial charge in [0.2, 0.25) is 6.79 Å². The van der Waals surface area contributed by atoms with Gasteiger partial charge in [-0.3, -0.25) is 0 Å². The Kier molecular flexibility index (Phi) is 7.30. The van der Waals surface area contributed by atoms with Crippen LogP contribution in [0.1, 0.15) is 33.4 Å². The SMILES string of the molecule is FC(F)(F)c1ccc(C#Cc2cc3ccccc3c3c2OCOc2c(C#Cc4ccc(C(F)(F)F)cc4)cc4ccccc4c2-3)cc1. The van der Waals surface area contributed by atoms with Crippen LogP contribution in [0.2, 0.25) is 0 Å². The lowest BCUT2D eigenvalue weighted by molar-refractivity contribution is -0.138. The second-order valence-electron chi connectivity index (χ2n) is 10.8. The number of hydrogen-bond donors (Lipinski definition) is 0. The fourth-order valence-electron chi connectivity index (χ4n) is 5.55. The second-order valence-corrected chi connectivity index (χ2v) is 10.8. The molecular formula is C39H20F6O2. The predicted molar refractivity (Wildman–Crippen MR) is 168 cm³/mol. The summed E-state index contributed by atoms with van der Waals surface area (Å²) >= 11 is 0. The average molecular weight is 635 g/mol. The van der Waals surface area contributed by atoms with Crippen LogP contribution >= 0.6 is 0 Å². The van der Waals surface area contributed by atoms with Crippen molar-refractivity contribution < 1.29 is 35.8 Å². The molecule has 230 valence electrons. The summed E-state index contributed by atoms with van der Waals surface area (Å²) < 4.78 is 90.9. The van der Waals surface area contributed by atoms with Crippen molar-refractivity contribution in [3.05, 3.63) is 143 Å². The van der Waals surface area contributed by atoms with E-state index in [0.717, 1.165) is 45.8 Å². The molecule has 0 aromatic heterocycles. The largest absolute Gasteiger partial charge is 0.456 e. The fourth-order valence-corrected chi connectivity index (χ4v) is 5.55. The maximum Gasteiger partial charge on any atom is 0.416 e. The first-order chi connectivity index (χ1) is 22.6. The third kappa shape index (κ3) is 5.82. The van der Waals surface area contributed by atoms with E-state index in [1.54, 1.807) is 0 Å². The van der Waals surface area contributed by atoms with E-state index in [-0.39, 0.29) is 6.79 Å². The van der Waals surface area contributed by atoms with Crippen LogP contribution in [0.4, 0.5) is 26.3 Å². The minimum Gasteiger partial charge on any atom is -0.456 e. The Morgan fingerprint density at radius 1 is 0.468 bits per heavy atom. The van der Waals surface area contributed by atoms with Gasteiger partial charge in [0.1, 0.15) is 11.5 Å². The van der Waals surface area contributed by atoms with Crippen molar-refractivity contribution in [2.24, 2.45) is 0 Å². The molecule has 0 fully saturated rings. The fraction of sp³-hybridized carbons (Fsp3) is 0.0769. The molecule has 0 saturated carbocycles. The van der Waals surface area contributed by atoms with Crippen molar-refractivity contribution in [3.63, 3.8) is 0 Å². The van der Waals surface area contributed by atoms with Crippen molar-refractivity contribution in [1.82, 2.24) is 0 Å². The molecule has 0 radical (unpaired) electrons. The zero-order valence-corrected chi connectivity index (χ0v) is 24.2. The van der Waals surface area contributed by atoms with Gasteiger partial charge in [-0.2, -0.15) is 26.3 Å². The highest BCUT2D eigenvalue weighted by atomic mass is 19.4. The minimum absolute atomic E-state index is 0.194. The van der Waals surface area contributed by atoms with Gasteiger partial charge in [-0.25, -0.2) is 0 Å². The Bertz CT molecular complexity index is 2130. The van der Waals surface area contributed by atoms with E-state index in [2.05, 4.69) is 23.7 Å². The van der Waals surface area contributed by atoms with Gasteiger partial charge in [-0.15, -0.1) is 0 Å². The van der Waals surface area contributed by atoms with Crippen molar-refractivity contribution >= 4 is 21.5 Å². The van der Waals surface area contributed by atoms with Gasteiger partial charge in [0.25, 0.3) is 0 Å². The van der Waals surface area contributed by atoms with Gasteiger partial charge < -0.3 is 9.47 Å². The van der Waals surface area contributed by atoms with E-state index in [4.69, 9.17) is 9.47 Å². The molecule has 0 N–H and O–H groups in total. The van der Waals surface area contributed by atoms with Crippen molar-refractivity contribution in [2.45, 2.75) is 12.4 Å². The van der Waals surface area contributed by atoms with E-state index >= 15 is 0 Å². The molecule has 0 atom stereocenters.